The van der Waals surface area contributed by atoms with Gasteiger partial charge in [-0.25, -0.2) is 0 Å². The van der Waals surface area contributed by atoms with Crippen LogP contribution in [0.4, 0.5) is 0 Å². The van der Waals surface area contributed by atoms with Gasteiger partial charge in [-0.15, -0.1) is 34.0 Å². The van der Waals surface area contributed by atoms with E-state index in [-0.39, 0.29) is 6.61 Å². The van der Waals surface area contributed by atoms with Crippen LogP contribution in [0.1, 0.15) is 42.3 Å². The molecule has 0 radical (unpaired) electrons. The molecule has 0 saturated heterocycles. The Balaban J connectivity index is 1.75. The Morgan fingerprint density at radius 1 is 1.00 bits per heavy atom. The van der Waals surface area contributed by atoms with E-state index in [1.54, 1.807) is 59.8 Å². The predicted octanol–water partition coefficient (Wildman–Crippen LogP) is 9.40. The van der Waals surface area contributed by atoms with Crippen molar-refractivity contribution in [3.05, 3.63) is 98.6 Å². The van der Waals surface area contributed by atoms with Gasteiger partial charge in [0.25, 0.3) is 0 Å². The number of hydrogen-bond acceptors (Lipinski definition) is 7. The number of benzene rings is 1. The van der Waals surface area contributed by atoms with Gasteiger partial charge in [0, 0.05) is 54.1 Å². The first-order valence-corrected chi connectivity index (χ1v) is 15.8. The molecule has 0 fully saturated rings. The minimum absolute atomic E-state index is 0.225. The molecule has 3 heterocycles. The van der Waals surface area contributed by atoms with Gasteiger partial charge in [0.15, 0.2) is 0 Å². The normalized spacial score (nSPS) is 15.3. The Morgan fingerprint density at radius 3 is 2.37 bits per heavy atom. The number of allylic oxidation sites excluding steroid dienone is 1. The topological polar surface area (TPSA) is 49.7 Å². The Bertz CT molecular complexity index is 1420. The second-order valence-electron chi connectivity index (χ2n) is 9.40. The van der Waals surface area contributed by atoms with Crippen LogP contribution in [0.25, 0.3) is 24.4 Å². The zero-order chi connectivity index (χ0) is 27.5. The van der Waals surface area contributed by atoms with Crippen molar-refractivity contribution in [2.75, 3.05) is 13.7 Å². The number of thiophene rings is 3. The van der Waals surface area contributed by atoms with E-state index in [2.05, 4.69) is 30.9 Å². The zero-order valence-corrected chi connectivity index (χ0v) is 25.8. The fraction of sp³-hybridized carbons (Fsp3) is 0.267. The molecule has 0 aliphatic heterocycles. The number of ether oxygens (including phenoxy) is 1. The van der Waals surface area contributed by atoms with E-state index in [4.69, 9.17) is 16.3 Å². The fourth-order valence-electron chi connectivity index (χ4n) is 4.41. The van der Waals surface area contributed by atoms with Gasteiger partial charge in [-0.2, -0.15) is 0 Å². The zero-order valence-electron chi connectivity index (χ0n) is 21.8. The van der Waals surface area contributed by atoms with Crippen LogP contribution in [0.5, 0.6) is 0 Å². The van der Waals surface area contributed by atoms with Gasteiger partial charge >= 0.3 is 0 Å². The monoisotopic (exact) mass is 602 g/mol. The first kappa shape index (κ1) is 29.3. The molecule has 4 rings (SSSR count). The molecule has 0 amide bonds. The van der Waals surface area contributed by atoms with E-state index in [0.717, 1.165) is 46.0 Å². The summed E-state index contributed by atoms with van der Waals surface area (Å²) in [7, 11) is 1.60. The molecule has 4 aromatic rings. The van der Waals surface area contributed by atoms with Gasteiger partial charge in [-0.1, -0.05) is 48.2 Å². The first-order chi connectivity index (χ1) is 18.1. The van der Waals surface area contributed by atoms with Crippen molar-refractivity contribution in [2.24, 2.45) is 0 Å². The minimum atomic E-state index is -1.09. The summed E-state index contributed by atoms with van der Waals surface area (Å²) in [5.74, 6) is 0. The molecule has 200 valence electrons. The number of rotatable bonds is 11. The first-order valence-electron chi connectivity index (χ1n) is 12.0. The maximum Gasteiger partial charge on any atom is 0.111 e. The molecule has 0 aliphatic rings. The highest BCUT2D eigenvalue weighted by molar-refractivity contribution is 8.11. The standard InChI is InChI=1S/C30H31ClO3S4/c1-6-23(35-7-2)28-22(29(3,32)17-19-8-10-20(31)11-9-19)16-26(38-28)24-12-13-25(37-24)27-21(14-15-36-27)30(4,33)18-34-5/h6-16,32-33H,2,17-18H2,1,3-5H3/b23-6-. The Kier molecular flexibility index (Phi) is 9.43. The summed E-state index contributed by atoms with van der Waals surface area (Å²) >= 11 is 12.6. The number of methoxy groups -OCH3 is 1. The highest BCUT2D eigenvalue weighted by Gasteiger charge is 2.31. The molecular weight excluding hydrogens is 572 g/mol. The lowest BCUT2D eigenvalue weighted by atomic mass is 9.89. The van der Waals surface area contributed by atoms with Crippen LogP contribution in [0, 0.1) is 0 Å². The molecule has 2 atom stereocenters. The number of hydrogen-bond donors (Lipinski definition) is 2. The molecule has 0 bridgehead atoms. The number of halogens is 1. The number of aliphatic hydroxyl groups is 2. The quantitative estimate of drug-likeness (QED) is 0.179. The van der Waals surface area contributed by atoms with E-state index in [1.165, 1.54) is 0 Å². The maximum absolute atomic E-state index is 11.8. The van der Waals surface area contributed by atoms with Crippen LogP contribution in [0.2, 0.25) is 5.02 Å². The lowest BCUT2D eigenvalue weighted by Crippen LogP contribution is -2.27. The maximum atomic E-state index is 11.8. The van der Waals surface area contributed by atoms with Crippen LogP contribution in [0.15, 0.2) is 72.0 Å². The van der Waals surface area contributed by atoms with Gasteiger partial charge in [0.1, 0.15) is 5.60 Å². The van der Waals surface area contributed by atoms with Crippen LogP contribution in [-0.2, 0) is 22.4 Å². The fourth-order valence-corrected chi connectivity index (χ4v) is 8.84. The third-order valence-corrected chi connectivity index (χ3v) is 11.0. The summed E-state index contributed by atoms with van der Waals surface area (Å²) < 4.78 is 5.26. The molecule has 3 nitrogen and oxygen atoms in total. The van der Waals surface area contributed by atoms with E-state index < -0.39 is 11.2 Å². The average Bonchev–Trinajstić information content (AvgIpc) is 3.63. The van der Waals surface area contributed by atoms with Crippen molar-refractivity contribution in [1.29, 1.82) is 0 Å². The van der Waals surface area contributed by atoms with E-state index in [1.807, 2.05) is 55.0 Å². The largest absolute Gasteiger partial charge is 0.385 e. The van der Waals surface area contributed by atoms with Crippen molar-refractivity contribution in [3.63, 3.8) is 0 Å². The van der Waals surface area contributed by atoms with Crippen molar-refractivity contribution >= 4 is 62.3 Å². The Hall–Kier alpha value is -1.68. The molecule has 8 heteroatoms. The van der Waals surface area contributed by atoms with Gasteiger partial charge in [-0.05, 0) is 73.5 Å². The summed E-state index contributed by atoms with van der Waals surface area (Å²) in [6, 6.07) is 16.0. The third kappa shape index (κ3) is 6.37. The molecule has 0 aliphatic carbocycles. The van der Waals surface area contributed by atoms with E-state index >= 15 is 0 Å². The van der Waals surface area contributed by atoms with Crippen molar-refractivity contribution in [3.8, 4) is 19.5 Å². The highest BCUT2D eigenvalue weighted by Crippen LogP contribution is 2.48. The summed E-state index contributed by atoms with van der Waals surface area (Å²) in [5.41, 5.74) is 0.622. The van der Waals surface area contributed by atoms with Gasteiger partial charge in [0.2, 0.25) is 0 Å². The SMILES string of the molecule is C=CS/C(=C\C)c1sc(-c2ccc(-c3sccc3C(C)(O)COC)s2)cc1C(C)(O)Cc1ccc(Cl)cc1. The average molecular weight is 603 g/mol. The summed E-state index contributed by atoms with van der Waals surface area (Å²) in [5, 5.41) is 27.3. The lowest BCUT2D eigenvalue weighted by Gasteiger charge is -2.25. The summed E-state index contributed by atoms with van der Waals surface area (Å²) in [4.78, 5) is 6.46. The Labute approximate surface area is 246 Å². The summed E-state index contributed by atoms with van der Waals surface area (Å²) in [6.07, 6.45) is 2.53. The van der Waals surface area contributed by atoms with Gasteiger partial charge in [0.05, 0.1) is 17.1 Å². The van der Waals surface area contributed by atoms with E-state index in [0.29, 0.717) is 11.4 Å². The summed E-state index contributed by atoms with van der Waals surface area (Å²) in [6.45, 7) is 9.80. The predicted molar refractivity (Wildman–Crippen MR) is 169 cm³/mol. The number of thioether (sulfide) groups is 1. The third-order valence-electron chi connectivity index (χ3n) is 6.21. The highest BCUT2D eigenvalue weighted by atomic mass is 35.5. The molecule has 0 spiro atoms. The second-order valence-corrected chi connectivity index (χ2v) is 13.9. The van der Waals surface area contributed by atoms with Gasteiger partial charge < -0.3 is 14.9 Å². The molecule has 38 heavy (non-hydrogen) atoms. The second kappa shape index (κ2) is 12.2. The molecule has 1 aromatic carbocycles. The minimum Gasteiger partial charge on any atom is -0.385 e. The molecule has 3 aromatic heterocycles. The molecule has 2 N–H and O–H groups in total. The lowest BCUT2D eigenvalue weighted by molar-refractivity contribution is -0.0201. The van der Waals surface area contributed by atoms with Crippen molar-refractivity contribution in [1.82, 2.24) is 0 Å². The smallest absolute Gasteiger partial charge is 0.111 e. The molecule has 0 saturated carbocycles. The van der Waals surface area contributed by atoms with Crippen molar-refractivity contribution in [2.45, 2.75) is 38.4 Å². The molecular formula is C30H31ClO3S4. The van der Waals surface area contributed by atoms with Crippen molar-refractivity contribution < 1.29 is 14.9 Å². The Morgan fingerprint density at radius 2 is 1.71 bits per heavy atom. The van der Waals surface area contributed by atoms with E-state index in [9.17, 15) is 10.2 Å². The van der Waals surface area contributed by atoms with Crippen LogP contribution in [0.3, 0.4) is 0 Å². The molecule has 2 unspecified atom stereocenters. The van der Waals surface area contributed by atoms with Crippen LogP contribution < -0.4 is 0 Å². The van der Waals surface area contributed by atoms with Crippen LogP contribution in [-0.4, -0.2) is 23.9 Å². The van der Waals surface area contributed by atoms with Gasteiger partial charge in [-0.3, -0.25) is 0 Å². The van der Waals surface area contributed by atoms with Crippen LogP contribution >= 0.6 is 57.4 Å².